The van der Waals surface area contributed by atoms with E-state index in [0.29, 0.717) is 5.39 Å². The van der Waals surface area contributed by atoms with Gasteiger partial charge in [-0.25, -0.2) is 4.39 Å². The first-order chi connectivity index (χ1) is 9.25. The van der Waals surface area contributed by atoms with Crippen LogP contribution in [0.3, 0.4) is 0 Å². The third-order valence-corrected chi connectivity index (χ3v) is 3.91. The van der Waals surface area contributed by atoms with Crippen molar-refractivity contribution in [3.63, 3.8) is 0 Å². The second-order valence-electron chi connectivity index (χ2n) is 4.05. The van der Waals surface area contributed by atoms with Crippen LogP contribution < -0.4 is 0 Å². The van der Waals surface area contributed by atoms with Gasteiger partial charge in [-0.15, -0.1) is 11.3 Å². The molecular weight excluding hydrogens is 255 g/mol. The molecule has 0 atom stereocenters. The molecule has 0 saturated heterocycles. The summed E-state index contributed by atoms with van der Waals surface area (Å²) >= 11 is 1.74. The molecule has 1 heterocycles. The van der Waals surface area contributed by atoms with Crippen molar-refractivity contribution in [1.82, 2.24) is 0 Å². The minimum atomic E-state index is -0.155. The van der Waals surface area contributed by atoms with E-state index < -0.39 is 0 Å². The van der Waals surface area contributed by atoms with Crippen molar-refractivity contribution >= 4 is 22.1 Å². The van der Waals surface area contributed by atoms with Gasteiger partial charge in [-0.3, -0.25) is 0 Å². The van der Waals surface area contributed by atoms with E-state index in [1.54, 1.807) is 17.4 Å². The van der Waals surface area contributed by atoms with E-state index in [9.17, 15) is 4.39 Å². The highest BCUT2D eigenvalue weighted by atomic mass is 32.1. The molecule has 2 heteroatoms. The highest BCUT2D eigenvalue weighted by molar-refractivity contribution is 7.15. The van der Waals surface area contributed by atoms with Gasteiger partial charge in [0.1, 0.15) is 5.82 Å². The molecule has 98 valence electrons. The molecule has 2 aromatic carbocycles. The Bertz CT molecular complexity index is 683. The minimum absolute atomic E-state index is 0.155. The maximum Gasteiger partial charge on any atom is 0.131 e. The van der Waals surface area contributed by atoms with Gasteiger partial charge in [-0.05, 0) is 36.1 Å². The lowest BCUT2D eigenvalue weighted by molar-refractivity contribution is 0.640. The van der Waals surface area contributed by atoms with Crippen LogP contribution in [0.25, 0.3) is 21.2 Å². The van der Waals surface area contributed by atoms with Crippen molar-refractivity contribution in [2.24, 2.45) is 0 Å². The van der Waals surface area contributed by atoms with E-state index >= 15 is 0 Å². The van der Waals surface area contributed by atoms with E-state index in [1.165, 1.54) is 9.75 Å². The maximum atomic E-state index is 13.7. The third kappa shape index (κ3) is 2.69. The van der Waals surface area contributed by atoms with E-state index in [1.807, 2.05) is 44.2 Å². The molecular formula is C17H17FS. The predicted octanol–water partition coefficient (Wildman–Crippen LogP) is 6.04. The summed E-state index contributed by atoms with van der Waals surface area (Å²) in [5.74, 6) is -0.155. The van der Waals surface area contributed by atoms with Crippen LogP contribution in [-0.4, -0.2) is 0 Å². The Kier molecular flexibility index (Phi) is 4.33. The Hall–Kier alpha value is -1.67. The van der Waals surface area contributed by atoms with Gasteiger partial charge < -0.3 is 0 Å². The fraction of sp³-hybridized carbons (Fsp3) is 0.176. The standard InChI is InChI=1S/C15H11FS.C2H6/c1-10-6-9-15(17-10)13-7-8-14(16)12-5-3-2-4-11(12)13;1-2/h2-9H,1H3;1-2H3. The molecule has 0 aliphatic carbocycles. The minimum Gasteiger partial charge on any atom is -0.206 e. The molecule has 0 saturated carbocycles. The number of rotatable bonds is 1. The summed E-state index contributed by atoms with van der Waals surface area (Å²) in [5.41, 5.74) is 1.11. The molecule has 0 N–H and O–H groups in total. The predicted molar refractivity (Wildman–Crippen MR) is 83.3 cm³/mol. The van der Waals surface area contributed by atoms with Gasteiger partial charge in [0, 0.05) is 15.1 Å². The zero-order valence-electron chi connectivity index (χ0n) is 11.4. The van der Waals surface area contributed by atoms with Crippen LogP contribution in [0, 0.1) is 12.7 Å². The number of hydrogen-bond donors (Lipinski definition) is 0. The summed E-state index contributed by atoms with van der Waals surface area (Å²) in [6.45, 7) is 6.08. The fourth-order valence-electron chi connectivity index (χ4n) is 2.06. The average Bonchev–Trinajstić information content (AvgIpc) is 2.88. The van der Waals surface area contributed by atoms with Gasteiger partial charge in [-0.2, -0.15) is 0 Å². The van der Waals surface area contributed by atoms with Crippen molar-refractivity contribution in [2.45, 2.75) is 20.8 Å². The monoisotopic (exact) mass is 272 g/mol. The number of benzene rings is 2. The molecule has 0 bridgehead atoms. The van der Waals surface area contributed by atoms with Crippen LogP contribution in [0.2, 0.25) is 0 Å². The summed E-state index contributed by atoms with van der Waals surface area (Å²) in [6.07, 6.45) is 0. The molecule has 0 aliphatic heterocycles. The van der Waals surface area contributed by atoms with Crippen molar-refractivity contribution in [2.75, 3.05) is 0 Å². The Labute approximate surface area is 117 Å². The third-order valence-electron chi connectivity index (χ3n) is 2.88. The summed E-state index contributed by atoms with van der Waals surface area (Å²) in [4.78, 5) is 2.46. The van der Waals surface area contributed by atoms with Crippen molar-refractivity contribution in [3.05, 3.63) is 59.2 Å². The molecule has 0 aliphatic rings. The Balaban J connectivity index is 0.000000637. The summed E-state index contributed by atoms with van der Waals surface area (Å²) in [5, 5.41) is 1.67. The lowest BCUT2D eigenvalue weighted by Gasteiger charge is -2.05. The molecule has 0 amide bonds. The summed E-state index contributed by atoms with van der Waals surface area (Å²) in [7, 11) is 0. The molecule has 3 rings (SSSR count). The van der Waals surface area contributed by atoms with Crippen molar-refractivity contribution < 1.29 is 4.39 Å². The topological polar surface area (TPSA) is 0 Å². The largest absolute Gasteiger partial charge is 0.206 e. The Morgan fingerprint density at radius 1 is 0.842 bits per heavy atom. The van der Waals surface area contributed by atoms with E-state index in [-0.39, 0.29) is 5.82 Å². The second-order valence-corrected chi connectivity index (χ2v) is 5.34. The number of hydrogen-bond acceptors (Lipinski definition) is 1. The van der Waals surface area contributed by atoms with Gasteiger partial charge in [0.2, 0.25) is 0 Å². The quantitative estimate of drug-likeness (QED) is 0.506. The second kappa shape index (κ2) is 5.98. The lowest BCUT2D eigenvalue weighted by Crippen LogP contribution is -1.82. The van der Waals surface area contributed by atoms with Gasteiger partial charge in [0.05, 0.1) is 0 Å². The molecule has 0 spiro atoms. The lowest BCUT2D eigenvalue weighted by atomic mass is 10.0. The normalized spacial score (nSPS) is 10.1. The zero-order chi connectivity index (χ0) is 13.8. The molecule has 19 heavy (non-hydrogen) atoms. The Morgan fingerprint density at radius 2 is 1.53 bits per heavy atom. The molecule has 3 aromatic rings. The SMILES string of the molecule is CC.Cc1ccc(-c2ccc(F)c3ccccc23)s1. The molecule has 0 nitrogen and oxygen atoms in total. The number of aryl methyl sites for hydroxylation is 1. The van der Waals surface area contributed by atoms with Gasteiger partial charge >= 0.3 is 0 Å². The summed E-state index contributed by atoms with van der Waals surface area (Å²) in [6, 6.07) is 15.2. The highest BCUT2D eigenvalue weighted by Gasteiger charge is 2.08. The van der Waals surface area contributed by atoms with Crippen LogP contribution in [0.5, 0.6) is 0 Å². The first-order valence-electron chi connectivity index (χ1n) is 6.50. The van der Waals surface area contributed by atoms with Gasteiger partial charge in [0.25, 0.3) is 0 Å². The first-order valence-corrected chi connectivity index (χ1v) is 7.31. The van der Waals surface area contributed by atoms with Crippen LogP contribution >= 0.6 is 11.3 Å². The molecule has 1 aromatic heterocycles. The smallest absolute Gasteiger partial charge is 0.131 e. The van der Waals surface area contributed by atoms with Crippen LogP contribution in [0.1, 0.15) is 18.7 Å². The van der Waals surface area contributed by atoms with Crippen LogP contribution in [0.15, 0.2) is 48.5 Å². The highest BCUT2D eigenvalue weighted by Crippen LogP contribution is 2.34. The van der Waals surface area contributed by atoms with E-state index in [4.69, 9.17) is 0 Å². The number of thiophene rings is 1. The molecule has 0 fully saturated rings. The van der Waals surface area contributed by atoms with Gasteiger partial charge in [0.15, 0.2) is 0 Å². The number of fused-ring (bicyclic) bond motifs is 1. The maximum absolute atomic E-state index is 13.7. The van der Waals surface area contributed by atoms with Crippen LogP contribution in [0.4, 0.5) is 4.39 Å². The van der Waals surface area contributed by atoms with Gasteiger partial charge in [-0.1, -0.05) is 44.2 Å². The van der Waals surface area contributed by atoms with E-state index in [0.717, 1.165) is 10.9 Å². The molecule has 0 unspecified atom stereocenters. The van der Waals surface area contributed by atoms with E-state index in [2.05, 4.69) is 19.1 Å². The fourth-order valence-corrected chi connectivity index (χ4v) is 2.96. The van der Waals surface area contributed by atoms with Crippen molar-refractivity contribution in [3.8, 4) is 10.4 Å². The first kappa shape index (κ1) is 13.8. The average molecular weight is 272 g/mol. The number of halogens is 1. The van der Waals surface area contributed by atoms with Crippen LogP contribution in [-0.2, 0) is 0 Å². The zero-order valence-corrected chi connectivity index (χ0v) is 12.2. The molecule has 0 radical (unpaired) electrons. The Morgan fingerprint density at radius 3 is 2.16 bits per heavy atom. The van der Waals surface area contributed by atoms with Crippen molar-refractivity contribution in [1.29, 1.82) is 0 Å². The summed E-state index contributed by atoms with van der Waals surface area (Å²) < 4.78 is 13.7.